The number of nitrogens with zero attached hydrogens (tertiary/aromatic N) is 2. The van der Waals surface area contributed by atoms with Gasteiger partial charge in [0, 0.05) is 46.8 Å². The van der Waals surface area contributed by atoms with Crippen LogP contribution in [0.4, 0.5) is 5.69 Å². The molecule has 0 unspecified atom stereocenters. The van der Waals surface area contributed by atoms with Crippen molar-refractivity contribution in [2.75, 3.05) is 24.2 Å². The van der Waals surface area contributed by atoms with E-state index >= 15 is 0 Å². The SMILES string of the molecule is Cc1ccc(NC[C@H]2CCC(=O)N2CCSc2nc(C(=O)O)cs2)cc1Br. The quantitative estimate of drug-likeness (QED) is 0.566. The number of hydrogen-bond acceptors (Lipinski definition) is 6. The number of carbonyl (C=O) groups excluding carboxylic acids is 1. The van der Waals surface area contributed by atoms with Crippen molar-refractivity contribution in [1.29, 1.82) is 0 Å². The van der Waals surface area contributed by atoms with Crippen LogP contribution in [-0.2, 0) is 4.79 Å². The number of rotatable bonds is 8. The molecule has 0 bridgehead atoms. The zero-order valence-corrected chi connectivity index (χ0v) is 18.0. The average molecular weight is 470 g/mol. The summed E-state index contributed by atoms with van der Waals surface area (Å²) in [5.74, 6) is -0.134. The van der Waals surface area contributed by atoms with Gasteiger partial charge in [0.1, 0.15) is 0 Å². The van der Waals surface area contributed by atoms with Gasteiger partial charge in [-0.3, -0.25) is 4.79 Å². The molecule has 2 aromatic rings. The van der Waals surface area contributed by atoms with E-state index < -0.39 is 5.97 Å². The molecule has 1 fully saturated rings. The molecule has 0 radical (unpaired) electrons. The highest BCUT2D eigenvalue weighted by Gasteiger charge is 2.30. The van der Waals surface area contributed by atoms with E-state index in [4.69, 9.17) is 5.11 Å². The number of amides is 1. The fourth-order valence-corrected chi connectivity index (χ4v) is 5.09. The average Bonchev–Trinajstić information content (AvgIpc) is 3.24. The molecule has 1 aliphatic rings. The van der Waals surface area contributed by atoms with Gasteiger partial charge < -0.3 is 15.3 Å². The van der Waals surface area contributed by atoms with Crippen molar-refractivity contribution in [1.82, 2.24) is 9.88 Å². The fourth-order valence-electron chi connectivity index (χ4n) is 2.90. The van der Waals surface area contributed by atoms with Crippen molar-refractivity contribution in [2.24, 2.45) is 0 Å². The molecule has 1 aromatic heterocycles. The maximum Gasteiger partial charge on any atom is 0.355 e. The summed E-state index contributed by atoms with van der Waals surface area (Å²) >= 11 is 6.35. The van der Waals surface area contributed by atoms with Crippen LogP contribution in [-0.4, -0.2) is 51.8 Å². The number of aromatic carboxylic acids is 1. The van der Waals surface area contributed by atoms with E-state index in [2.05, 4.69) is 38.4 Å². The first-order valence-corrected chi connectivity index (χ1v) is 11.2. The van der Waals surface area contributed by atoms with Gasteiger partial charge >= 0.3 is 5.97 Å². The molecule has 9 heteroatoms. The Morgan fingerprint density at radius 3 is 3.04 bits per heavy atom. The van der Waals surface area contributed by atoms with Crippen LogP contribution in [0.3, 0.4) is 0 Å². The molecule has 0 saturated carbocycles. The molecule has 144 valence electrons. The molecule has 0 aliphatic carbocycles. The Morgan fingerprint density at radius 1 is 1.52 bits per heavy atom. The van der Waals surface area contributed by atoms with Gasteiger partial charge in [-0.15, -0.1) is 11.3 Å². The zero-order chi connectivity index (χ0) is 19.4. The Hall–Kier alpha value is -1.58. The number of nitrogens with one attached hydrogen (secondary N) is 1. The van der Waals surface area contributed by atoms with E-state index in [1.54, 1.807) is 0 Å². The summed E-state index contributed by atoms with van der Waals surface area (Å²) in [7, 11) is 0. The van der Waals surface area contributed by atoms with Crippen LogP contribution in [0.2, 0.25) is 0 Å². The number of thioether (sulfide) groups is 1. The van der Waals surface area contributed by atoms with Gasteiger partial charge in [-0.2, -0.15) is 0 Å². The van der Waals surface area contributed by atoms with Crippen LogP contribution in [0.25, 0.3) is 0 Å². The Morgan fingerprint density at radius 2 is 2.33 bits per heavy atom. The van der Waals surface area contributed by atoms with Gasteiger partial charge in [0.05, 0.1) is 0 Å². The van der Waals surface area contributed by atoms with Crippen molar-refractivity contribution in [3.63, 3.8) is 0 Å². The minimum Gasteiger partial charge on any atom is -0.476 e. The second kappa shape index (κ2) is 9.07. The molecule has 0 spiro atoms. The third-order valence-corrected chi connectivity index (χ3v) is 7.28. The predicted molar refractivity (Wildman–Crippen MR) is 112 cm³/mol. The number of likely N-dealkylation sites (tertiary alicyclic amines) is 1. The Labute approximate surface area is 174 Å². The number of hydrogen-bond donors (Lipinski definition) is 2. The molecule has 6 nitrogen and oxygen atoms in total. The minimum atomic E-state index is -1.01. The van der Waals surface area contributed by atoms with E-state index in [1.165, 1.54) is 34.0 Å². The molecule has 2 heterocycles. The van der Waals surface area contributed by atoms with Gasteiger partial charge in [0.15, 0.2) is 10.0 Å². The van der Waals surface area contributed by atoms with Crippen LogP contribution in [0.5, 0.6) is 0 Å². The first kappa shape index (κ1) is 20.2. The number of carboxylic acids is 1. The molecule has 1 atom stereocenters. The topological polar surface area (TPSA) is 82.5 Å². The summed E-state index contributed by atoms with van der Waals surface area (Å²) in [5, 5.41) is 13.9. The molecule has 1 amide bonds. The lowest BCUT2D eigenvalue weighted by atomic mass is 10.2. The summed E-state index contributed by atoms with van der Waals surface area (Å²) < 4.78 is 1.78. The molecule has 27 heavy (non-hydrogen) atoms. The Kier molecular flexibility index (Phi) is 6.78. The van der Waals surface area contributed by atoms with Crippen molar-refractivity contribution in [3.05, 3.63) is 39.3 Å². The van der Waals surface area contributed by atoms with Crippen LogP contribution in [0.1, 0.15) is 28.9 Å². The molecule has 3 rings (SSSR count). The number of carboxylic acid groups (broad SMARTS) is 1. The summed E-state index contributed by atoms with van der Waals surface area (Å²) in [4.78, 5) is 29.1. The fraction of sp³-hybridized carbons (Fsp3) is 0.389. The van der Waals surface area contributed by atoms with E-state index in [1.807, 2.05) is 17.9 Å². The third-order valence-electron chi connectivity index (χ3n) is 4.43. The Bertz CT molecular complexity index is 843. The third kappa shape index (κ3) is 5.24. The van der Waals surface area contributed by atoms with Crippen molar-refractivity contribution in [3.8, 4) is 0 Å². The highest BCUT2D eigenvalue weighted by molar-refractivity contribution is 9.10. The van der Waals surface area contributed by atoms with Crippen molar-refractivity contribution < 1.29 is 14.7 Å². The number of thiazole rings is 1. The normalized spacial score (nSPS) is 16.7. The highest BCUT2D eigenvalue weighted by atomic mass is 79.9. The Balaban J connectivity index is 1.51. The number of anilines is 1. The first-order chi connectivity index (χ1) is 12.9. The largest absolute Gasteiger partial charge is 0.476 e. The molecule has 1 saturated heterocycles. The summed E-state index contributed by atoms with van der Waals surface area (Å²) in [6, 6.07) is 6.32. The smallest absolute Gasteiger partial charge is 0.355 e. The lowest BCUT2D eigenvalue weighted by Crippen LogP contribution is -2.39. The number of aryl methyl sites for hydroxylation is 1. The molecule has 1 aliphatic heterocycles. The number of benzene rings is 1. The predicted octanol–water partition coefficient (Wildman–Crippen LogP) is 4.11. The summed E-state index contributed by atoms with van der Waals surface area (Å²) in [5.41, 5.74) is 2.29. The van der Waals surface area contributed by atoms with E-state index in [9.17, 15) is 9.59 Å². The van der Waals surface area contributed by atoms with Gasteiger partial charge in [-0.25, -0.2) is 9.78 Å². The van der Waals surface area contributed by atoms with Crippen molar-refractivity contribution >= 4 is 56.6 Å². The number of halogens is 1. The lowest BCUT2D eigenvalue weighted by Gasteiger charge is -2.25. The minimum absolute atomic E-state index is 0.0751. The van der Waals surface area contributed by atoms with Gasteiger partial charge in [-0.1, -0.05) is 33.8 Å². The molecule has 1 aromatic carbocycles. The van der Waals surface area contributed by atoms with E-state index in [0.717, 1.165) is 20.9 Å². The number of carbonyl (C=O) groups is 2. The maximum atomic E-state index is 12.2. The molecular formula is C18H20BrN3O3S2. The second-order valence-corrected chi connectivity index (χ2v) is 9.33. The van der Waals surface area contributed by atoms with Crippen LogP contribution < -0.4 is 5.32 Å². The highest BCUT2D eigenvalue weighted by Crippen LogP contribution is 2.26. The first-order valence-electron chi connectivity index (χ1n) is 8.55. The summed E-state index contributed by atoms with van der Waals surface area (Å²) in [6.07, 6.45) is 1.43. The monoisotopic (exact) mass is 469 g/mol. The van der Waals surface area contributed by atoms with E-state index in [-0.39, 0.29) is 17.6 Å². The van der Waals surface area contributed by atoms with E-state index in [0.29, 0.717) is 25.3 Å². The molecular weight excluding hydrogens is 450 g/mol. The van der Waals surface area contributed by atoms with Gasteiger partial charge in [-0.05, 0) is 31.0 Å². The van der Waals surface area contributed by atoms with Crippen LogP contribution >= 0.6 is 39.0 Å². The van der Waals surface area contributed by atoms with Crippen LogP contribution in [0, 0.1) is 6.92 Å². The van der Waals surface area contributed by atoms with Crippen LogP contribution in [0.15, 0.2) is 32.4 Å². The summed E-state index contributed by atoms with van der Waals surface area (Å²) in [6.45, 7) is 3.40. The molecule has 2 N–H and O–H groups in total. The maximum absolute atomic E-state index is 12.2. The van der Waals surface area contributed by atoms with Gasteiger partial charge in [0.25, 0.3) is 0 Å². The van der Waals surface area contributed by atoms with Crippen molar-refractivity contribution in [2.45, 2.75) is 30.1 Å². The zero-order valence-electron chi connectivity index (χ0n) is 14.8. The lowest BCUT2D eigenvalue weighted by molar-refractivity contribution is -0.128. The number of aromatic nitrogens is 1. The van der Waals surface area contributed by atoms with Gasteiger partial charge in [0.2, 0.25) is 5.91 Å². The second-order valence-electron chi connectivity index (χ2n) is 6.28. The standard InChI is InChI=1S/C18H20BrN3O3S2/c1-11-2-3-12(8-14(11)19)20-9-13-4-5-16(23)22(13)6-7-26-18-21-15(10-27-18)17(24)25/h2-3,8,10,13,20H,4-7,9H2,1H3,(H,24,25)/t13-/m1/s1.